The summed E-state index contributed by atoms with van der Waals surface area (Å²) in [6, 6.07) is 16.0. The summed E-state index contributed by atoms with van der Waals surface area (Å²) in [4.78, 5) is 28.5. The predicted octanol–water partition coefficient (Wildman–Crippen LogP) is 4.82. The maximum absolute atomic E-state index is 12.9. The van der Waals surface area contributed by atoms with Crippen molar-refractivity contribution >= 4 is 29.3 Å². The number of hydrogen-bond acceptors (Lipinski definition) is 3. The van der Waals surface area contributed by atoms with E-state index >= 15 is 0 Å². The number of hydrogen-bond donors (Lipinski definition) is 1. The van der Waals surface area contributed by atoms with Gasteiger partial charge in [0.25, 0.3) is 5.91 Å². The highest BCUT2D eigenvalue weighted by Crippen LogP contribution is 2.30. The van der Waals surface area contributed by atoms with Gasteiger partial charge in [0.2, 0.25) is 5.91 Å². The van der Waals surface area contributed by atoms with E-state index in [1.165, 1.54) is 43.0 Å². The van der Waals surface area contributed by atoms with E-state index < -0.39 is 0 Å². The summed E-state index contributed by atoms with van der Waals surface area (Å²) in [6.45, 7) is 0.739. The number of amides is 2. The Kier molecular flexibility index (Phi) is 6.55. The van der Waals surface area contributed by atoms with E-state index in [2.05, 4.69) is 11.4 Å². The van der Waals surface area contributed by atoms with E-state index in [-0.39, 0.29) is 17.9 Å². The molecule has 4 rings (SSSR count). The van der Waals surface area contributed by atoms with Crippen molar-refractivity contribution in [3.05, 3.63) is 59.7 Å². The molecule has 1 fully saturated rings. The fourth-order valence-electron chi connectivity index (χ4n) is 4.28. The molecule has 0 aromatic heterocycles. The second kappa shape index (κ2) is 9.49. The van der Waals surface area contributed by atoms with Crippen LogP contribution in [-0.4, -0.2) is 30.2 Å². The third-order valence-electron chi connectivity index (χ3n) is 5.86. The van der Waals surface area contributed by atoms with Crippen molar-refractivity contribution in [2.75, 3.05) is 17.2 Å². The molecule has 2 aliphatic rings. The molecule has 1 N–H and O–H groups in total. The maximum atomic E-state index is 12.9. The van der Waals surface area contributed by atoms with E-state index in [0.29, 0.717) is 11.3 Å². The monoisotopic (exact) mass is 408 g/mol. The highest BCUT2D eigenvalue weighted by Gasteiger charge is 2.24. The molecule has 29 heavy (non-hydrogen) atoms. The molecule has 0 unspecified atom stereocenters. The molecule has 5 heteroatoms. The first-order chi connectivity index (χ1) is 14.2. The molecule has 1 aliphatic heterocycles. The molecule has 1 saturated carbocycles. The van der Waals surface area contributed by atoms with Gasteiger partial charge in [-0.1, -0.05) is 56.0 Å². The fourth-order valence-corrected chi connectivity index (χ4v) is 5.21. The predicted molar refractivity (Wildman–Crippen MR) is 119 cm³/mol. The molecule has 0 spiro atoms. The van der Waals surface area contributed by atoms with Crippen molar-refractivity contribution in [3.8, 4) is 0 Å². The maximum Gasteiger partial charge on any atom is 0.252 e. The van der Waals surface area contributed by atoms with Gasteiger partial charge in [0.05, 0.1) is 11.3 Å². The fraction of sp³-hybridized carbons (Fsp3) is 0.417. The molecule has 152 valence electrons. The molecule has 4 nitrogen and oxygen atoms in total. The Morgan fingerprint density at radius 2 is 1.69 bits per heavy atom. The van der Waals surface area contributed by atoms with Crippen LogP contribution in [0.5, 0.6) is 0 Å². The van der Waals surface area contributed by atoms with E-state index in [1.54, 1.807) is 0 Å². The topological polar surface area (TPSA) is 49.4 Å². The van der Waals surface area contributed by atoms with E-state index in [0.717, 1.165) is 36.4 Å². The summed E-state index contributed by atoms with van der Waals surface area (Å²) in [7, 11) is 0. The van der Waals surface area contributed by atoms with Crippen molar-refractivity contribution in [2.24, 2.45) is 0 Å². The normalized spacial score (nSPS) is 16.9. The zero-order valence-corrected chi connectivity index (χ0v) is 17.5. The van der Waals surface area contributed by atoms with Crippen LogP contribution in [0, 0.1) is 0 Å². The lowest BCUT2D eigenvalue weighted by Crippen LogP contribution is -2.34. The largest absolute Gasteiger partial charge is 0.349 e. The summed E-state index contributed by atoms with van der Waals surface area (Å²) >= 11 is 1.46. The smallest absolute Gasteiger partial charge is 0.252 e. The number of carbonyl (C=O) groups excluding carboxylic acids is 2. The first-order valence-corrected chi connectivity index (χ1v) is 11.6. The van der Waals surface area contributed by atoms with E-state index in [1.807, 2.05) is 47.4 Å². The lowest BCUT2D eigenvalue weighted by atomic mass is 10.1. The molecule has 1 heterocycles. The van der Waals surface area contributed by atoms with Crippen LogP contribution < -0.4 is 10.2 Å². The molecule has 2 aromatic carbocycles. The zero-order chi connectivity index (χ0) is 20.1. The van der Waals surface area contributed by atoms with Crippen LogP contribution >= 0.6 is 11.8 Å². The molecule has 0 atom stereocenters. The number of anilines is 1. The molecule has 0 saturated heterocycles. The lowest BCUT2D eigenvalue weighted by Gasteiger charge is -2.19. The number of thioether (sulfide) groups is 1. The van der Waals surface area contributed by atoms with Gasteiger partial charge in [0, 0.05) is 23.2 Å². The third kappa shape index (κ3) is 4.84. The molecular formula is C24H28N2O2S. The second-order valence-corrected chi connectivity index (χ2v) is 8.89. The van der Waals surface area contributed by atoms with Crippen LogP contribution in [0.4, 0.5) is 5.69 Å². The Hall–Kier alpha value is -2.27. The number of nitrogens with one attached hydrogen (secondary N) is 1. The van der Waals surface area contributed by atoms with Gasteiger partial charge in [-0.15, -0.1) is 11.8 Å². The summed E-state index contributed by atoms with van der Waals surface area (Å²) in [5.74, 6) is 0.417. The highest BCUT2D eigenvalue weighted by molar-refractivity contribution is 8.00. The van der Waals surface area contributed by atoms with E-state index in [4.69, 9.17) is 0 Å². The van der Waals surface area contributed by atoms with Crippen molar-refractivity contribution < 1.29 is 9.59 Å². The van der Waals surface area contributed by atoms with Crippen LogP contribution in [0.1, 0.15) is 54.4 Å². The van der Waals surface area contributed by atoms with Crippen LogP contribution in [0.25, 0.3) is 0 Å². The molecule has 1 aliphatic carbocycles. The minimum Gasteiger partial charge on any atom is -0.349 e. The quantitative estimate of drug-likeness (QED) is 0.570. The van der Waals surface area contributed by atoms with Gasteiger partial charge < -0.3 is 10.2 Å². The highest BCUT2D eigenvalue weighted by atomic mass is 32.2. The van der Waals surface area contributed by atoms with Crippen LogP contribution in [0.2, 0.25) is 0 Å². The molecule has 2 aromatic rings. The Morgan fingerprint density at radius 3 is 2.52 bits per heavy atom. The van der Waals surface area contributed by atoms with Gasteiger partial charge in [-0.2, -0.15) is 0 Å². The first kappa shape index (κ1) is 20.0. The van der Waals surface area contributed by atoms with Gasteiger partial charge in [0.1, 0.15) is 0 Å². The lowest BCUT2D eigenvalue weighted by molar-refractivity contribution is -0.116. The van der Waals surface area contributed by atoms with Crippen molar-refractivity contribution in [1.29, 1.82) is 0 Å². The third-order valence-corrected chi connectivity index (χ3v) is 6.92. The van der Waals surface area contributed by atoms with Gasteiger partial charge in [-0.3, -0.25) is 9.59 Å². The summed E-state index contributed by atoms with van der Waals surface area (Å²) < 4.78 is 0. The van der Waals surface area contributed by atoms with Crippen molar-refractivity contribution in [3.63, 3.8) is 0 Å². The minimum atomic E-state index is -0.0148. The standard InChI is InChI=1S/C24H28N2O2S/c27-23(26-16-15-18-9-5-7-13-21(18)26)17-29-22-14-8-6-12-20(22)24(28)25-19-10-3-1-2-4-11-19/h5-9,12-14,19H,1-4,10-11,15-17H2,(H,25,28). The van der Waals surface area contributed by atoms with Gasteiger partial charge in [0.15, 0.2) is 0 Å². The average molecular weight is 409 g/mol. The number of nitrogens with zero attached hydrogens (tertiary/aromatic N) is 1. The zero-order valence-electron chi connectivity index (χ0n) is 16.7. The number of rotatable bonds is 5. The molecule has 2 amide bonds. The van der Waals surface area contributed by atoms with E-state index in [9.17, 15) is 9.59 Å². The number of benzene rings is 2. The number of carbonyl (C=O) groups is 2. The Morgan fingerprint density at radius 1 is 0.966 bits per heavy atom. The average Bonchev–Trinajstić information content (AvgIpc) is 3.02. The first-order valence-electron chi connectivity index (χ1n) is 10.6. The SMILES string of the molecule is O=C(NC1CCCCCC1)c1ccccc1SCC(=O)N1CCc2ccccc21. The molecule has 0 radical (unpaired) electrons. The second-order valence-electron chi connectivity index (χ2n) is 7.87. The van der Waals surface area contributed by atoms with Crippen LogP contribution in [0.15, 0.2) is 53.4 Å². The van der Waals surface area contributed by atoms with Crippen molar-refractivity contribution in [1.82, 2.24) is 5.32 Å². The van der Waals surface area contributed by atoms with Crippen LogP contribution in [0.3, 0.4) is 0 Å². The number of fused-ring (bicyclic) bond motifs is 1. The van der Waals surface area contributed by atoms with Crippen LogP contribution in [-0.2, 0) is 11.2 Å². The van der Waals surface area contributed by atoms with Gasteiger partial charge in [-0.25, -0.2) is 0 Å². The Labute approximate surface area is 177 Å². The minimum absolute atomic E-state index is 0.0148. The molecule has 0 bridgehead atoms. The van der Waals surface area contributed by atoms with Gasteiger partial charge >= 0.3 is 0 Å². The van der Waals surface area contributed by atoms with Crippen molar-refractivity contribution in [2.45, 2.75) is 55.9 Å². The summed E-state index contributed by atoms with van der Waals surface area (Å²) in [5.41, 5.74) is 2.93. The van der Waals surface area contributed by atoms with Gasteiger partial charge in [-0.05, 0) is 43.0 Å². The molecular weight excluding hydrogens is 380 g/mol. The Balaban J connectivity index is 1.39. The summed E-state index contributed by atoms with van der Waals surface area (Å²) in [5, 5.41) is 3.22. The number of para-hydroxylation sites is 1. The Bertz CT molecular complexity index is 875. The summed E-state index contributed by atoms with van der Waals surface area (Å²) in [6.07, 6.45) is 7.94.